The Morgan fingerprint density at radius 3 is 2.76 bits per heavy atom. The van der Waals surface area contributed by atoms with E-state index < -0.39 is 11.6 Å². The van der Waals surface area contributed by atoms with Gasteiger partial charge in [-0.05, 0) is 54.6 Å². The highest BCUT2D eigenvalue weighted by molar-refractivity contribution is 5.70. The average molecular weight is 287 g/mol. The van der Waals surface area contributed by atoms with Crippen molar-refractivity contribution in [1.82, 2.24) is 5.32 Å². The number of nitrogens with one attached hydrogen (secondary N) is 1. The molecule has 0 heterocycles. The van der Waals surface area contributed by atoms with Crippen molar-refractivity contribution in [1.29, 1.82) is 0 Å². The van der Waals surface area contributed by atoms with E-state index in [9.17, 15) is 8.78 Å². The highest BCUT2D eigenvalue weighted by Gasteiger charge is 2.25. The van der Waals surface area contributed by atoms with E-state index in [1.165, 1.54) is 23.3 Å². The summed E-state index contributed by atoms with van der Waals surface area (Å²) in [6.45, 7) is 3.13. The van der Waals surface area contributed by atoms with E-state index in [0.29, 0.717) is 11.6 Å². The second-order valence-corrected chi connectivity index (χ2v) is 5.54. The second kappa shape index (κ2) is 5.94. The van der Waals surface area contributed by atoms with Gasteiger partial charge in [0.1, 0.15) is 11.6 Å². The molecule has 3 rings (SSSR count). The van der Waals surface area contributed by atoms with Crippen molar-refractivity contribution in [2.45, 2.75) is 32.2 Å². The Hall–Kier alpha value is -1.74. The predicted molar refractivity (Wildman–Crippen MR) is 81.1 cm³/mol. The van der Waals surface area contributed by atoms with Gasteiger partial charge in [-0.15, -0.1) is 0 Å². The Morgan fingerprint density at radius 1 is 1.14 bits per heavy atom. The molecule has 0 radical (unpaired) electrons. The molecule has 0 aromatic heterocycles. The Labute approximate surface area is 124 Å². The third-order valence-electron chi connectivity index (χ3n) is 4.13. The van der Waals surface area contributed by atoms with E-state index in [-0.39, 0.29) is 0 Å². The zero-order valence-electron chi connectivity index (χ0n) is 12.1. The molecule has 2 aromatic rings. The van der Waals surface area contributed by atoms with E-state index in [1.54, 1.807) is 0 Å². The maximum Gasteiger partial charge on any atom is 0.133 e. The first-order valence-corrected chi connectivity index (χ1v) is 7.51. The molecule has 1 nitrogen and oxygen atoms in total. The number of fused-ring (bicyclic) bond motifs is 1. The minimum Gasteiger partial charge on any atom is -0.310 e. The lowest BCUT2D eigenvalue weighted by atomic mass is 9.96. The predicted octanol–water partition coefficient (Wildman–Crippen LogP) is 4.62. The van der Waals surface area contributed by atoms with Gasteiger partial charge in [0.05, 0.1) is 0 Å². The van der Waals surface area contributed by atoms with Gasteiger partial charge in [-0.25, -0.2) is 8.78 Å². The standard InChI is InChI=1S/C18H19F2N/c1-2-10-21-18-9-8-14-13(4-3-5-16(14)18)15-7-6-12(19)11-17(15)20/h3-7,11,18,21H,2,8-10H2,1H3. The lowest BCUT2D eigenvalue weighted by molar-refractivity contribution is 0.529. The first-order chi connectivity index (χ1) is 10.2. The molecular weight excluding hydrogens is 268 g/mol. The van der Waals surface area contributed by atoms with Crippen LogP contribution in [0.15, 0.2) is 36.4 Å². The van der Waals surface area contributed by atoms with Gasteiger partial charge in [0.2, 0.25) is 0 Å². The SMILES string of the molecule is CCCNC1CCc2c(-c3ccc(F)cc3F)cccc21. The number of halogens is 2. The van der Waals surface area contributed by atoms with Crippen LogP contribution in [0.3, 0.4) is 0 Å². The van der Waals surface area contributed by atoms with Crippen LogP contribution >= 0.6 is 0 Å². The smallest absolute Gasteiger partial charge is 0.133 e. The number of rotatable bonds is 4. The highest BCUT2D eigenvalue weighted by atomic mass is 19.1. The Kier molecular flexibility index (Phi) is 4.02. The van der Waals surface area contributed by atoms with Crippen LogP contribution in [0.5, 0.6) is 0 Å². The molecule has 0 aliphatic heterocycles. The van der Waals surface area contributed by atoms with Gasteiger partial charge in [0, 0.05) is 17.7 Å². The summed E-state index contributed by atoms with van der Waals surface area (Å²) in [5, 5.41) is 3.54. The average Bonchev–Trinajstić information content (AvgIpc) is 2.88. The van der Waals surface area contributed by atoms with Crippen molar-refractivity contribution >= 4 is 0 Å². The molecule has 3 heteroatoms. The third kappa shape index (κ3) is 2.70. The molecule has 0 fully saturated rings. The molecule has 0 amide bonds. The molecule has 1 unspecified atom stereocenters. The van der Waals surface area contributed by atoms with Crippen molar-refractivity contribution in [3.63, 3.8) is 0 Å². The molecular formula is C18H19F2N. The fourth-order valence-electron chi connectivity index (χ4n) is 3.15. The van der Waals surface area contributed by atoms with Crippen molar-refractivity contribution in [3.8, 4) is 11.1 Å². The molecule has 21 heavy (non-hydrogen) atoms. The lowest BCUT2D eigenvalue weighted by Crippen LogP contribution is -2.19. The lowest BCUT2D eigenvalue weighted by Gasteiger charge is -2.14. The van der Waals surface area contributed by atoms with Crippen LogP contribution in [0.2, 0.25) is 0 Å². The second-order valence-electron chi connectivity index (χ2n) is 5.54. The summed E-state index contributed by atoms with van der Waals surface area (Å²) in [6, 6.07) is 10.2. The normalized spacial score (nSPS) is 17.0. The number of hydrogen-bond donors (Lipinski definition) is 1. The van der Waals surface area contributed by atoms with Gasteiger partial charge in [0.15, 0.2) is 0 Å². The maximum atomic E-state index is 14.0. The summed E-state index contributed by atoms with van der Waals surface area (Å²) in [7, 11) is 0. The van der Waals surface area contributed by atoms with E-state index in [1.807, 2.05) is 12.1 Å². The summed E-state index contributed by atoms with van der Waals surface area (Å²) in [6.07, 6.45) is 3.07. The van der Waals surface area contributed by atoms with Crippen LogP contribution in [0.4, 0.5) is 8.78 Å². The summed E-state index contributed by atoms with van der Waals surface area (Å²) >= 11 is 0. The van der Waals surface area contributed by atoms with Crippen LogP contribution in [-0.4, -0.2) is 6.54 Å². The first kappa shape index (κ1) is 14.2. The molecule has 0 saturated heterocycles. The minimum atomic E-state index is -0.536. The molecule has 0 spiro atoms. The van der Waals surface area contributed by atoms with Gasteiger partial charge < -0.3 is 5.32 Å². The molecule has 1 aliphatic carbocycles. The number of benzene rings is 2. The van der Waals surface area contributed by atoms with E-state index in [4.69, 9.17) is 0 Å². The van der Waals surface area contributed by atoms with Crippen molar-refractivity contribution in [2.24, 2.45) is 0 Å². The van der Waals surface area contributed by atoms with Gasteiger partial charge in [-0.3, -0.25) is 0 Å². The monoisotopic (exact) mass is 287 g/mol. The summed E-state index contributed by atoms with van der Waals surface area (Å²) in [4.78, 5) is 0. The maximum absolute atomic E-state index is 14.0. The van der Waals surface area contributed by atoms with Gasteiger partial charge in [0.25, 0.3) is 0 Å². The molecule has 1 N–H and O–H groups in total. The fraction of sp³-hybridized carbons (Fsp3) is 0.333. The van der Waals surface area contributed by atoms with Crippen LogP contribution in [0, 0.1) is 11.6 Å². The largest absolute Gasteiger partial charge is 0.310 e. The molecule has 0 saturated carbocycles. The molecule has 0 bridgehead atoms. The Bertz CT molecular complexity index is 652. The van der Waals surface area contributed by atoms with Crippen molar-refractivity contribution < 1.29 is 8.78 Å². The van der Waals surface area contributed by atoms with Crippen LogP contribution in [0.25, 0.3) is 11.1 Å². The zero-order chi connectivity index (χ0) is 14.8. The van der Waals surface area contributed by atoms with Crippen LogP contribution < -0.4 is 5.32 Å². The summed E-state index contributed by atoms with van der Waals surface area (Å²) in [5.41, 5.74) is 3.83. The zero-order valence-corrected chi connectivity index (χ0v) is 12.1. The molecule has 1 atom stereocenters. The van der Waals surface area contributed by atoms with Crippen LogP contribution in [-0.2, 0) is 6.42 Å². The van der Waals surface area contributed by atoms with Crippen LogP contribution in [0.1, 0.15) is 36.9 Å². The minimum absolute atomic E-state index is 0.350. The van der Waals surface area contributed by atoms with Gasteiger partial charge in [-0.1, -0.05) is 25.1 Å². The topological polar surface area (TPSA) is 12.0 Å². The first-order valence-electron chi connectivity index (χ1n) is 7.51. The van der Waals surface area contributed by atoms with E-state index in [2.05, 4.69) is 18.3 Å². The molecule has 110 valence electrons. The quantitative estimate of drug-likeness (QED) is 0.865. The number of hydrogen-bond acceptors (Lipinski definition) is 1. The van der Waals surface area contributed by atoms with Crippen molar-refractivity contribution in [2.75, 3.05) is 6.54 Å². The third-order valence-corrected chi connectivity index (χ3v) is 4.13. The van der Waals surface area contributed by atoms with Crippen molar-refractivity contribution in [3.05, 3.63) is 59.2 Å². The molecule has 2 aromatic carbocycles. The fourth-order valence-corrected chi connectivity index (χ4v) is 3.15. The molecule has 1 aliphatic rings. The van der Waals surface area contributed by atoms with Gasteiger partial charge in [-0.2, -0.15) is 0 Å². The summed E-state index contributed by atoms with van der Waals surface area (Å²) in [5.74, 6) is -1.03. The Morgan fingerprint density at radius 2 is 2.00 bits per heavy atom. The highest BCUT2D eigenvalue weighted by Crippen LogP contribution is 2.38. The Balaban J connectivity index is 2.00. The van der Waals surface area contributed by atoms with E-state index in [0.717, 1.165) is 37.4 Å². The van der Waals surface area contributed by atoms with E-state index >= 15 is 0 Å². The van der Waals surface area contributed by atoms with Gasteiger partial charge >= 0.3 is 0 Å². The summed E-state index contributed by atoms with van der Waals surface area (Å²) < 4.78 is 27.1.